The first-order chi connectivity index (χ1) is 22.4. The van der Waals surface area contributed by atoms with Crippen molar-refractivity contribution in [3.05, 3.63) is 100 Å². The molecule has 1 atom stereocenters. The fourth-order valence-electron chi connectivity index (χ4n) is 5.02. The first-order valence-electron chi connectivity index (χ1n) is 15.0. The van der Waals surface area contributed by atoms with Crippen molar-refractivity contribution >= 4 is 28.5 Å². The summed E-state index contributed by atoms with van der Waals surface area (Å²) < 4.78 is 11.9. The Bertz CT molecular complexity index is 1800. The molecule has 0 saturated carbocycles. The summed E-state index contributed by atoms with van der Waals surface area (Å²) in [6, 6.07) is 21.6. The fourth-order valence-corrected chi connectivity index (χ4v) is 5.02. The molecule has 2 aromatic heterocycles. The molecule has 2 heterocycles. The van der Waals surface area contributed by atoms with E-state index in [1.54, 1.807) is 42.5 Å². The molecule has 0 radical (unpaired) electrons. The van der Waals surface area contributed by atoms with Gasteiger partial charge in [0, 0.05) is 11.6 Å². The van der Waals surface area contributed by atoms with Crippen LogP contribution >= 0.6 is 0 Å². The number of rotatable bonds is 16. The number of fused-ring (bicyclic) bond motifs is 1. The highest BCUT2D eigenvalue weighted by Crippen LogP contribution is 2.30. The minimum Gasteiger partial charge on any atom is -0.494 e. The van der Waals surface area contributed by atoms with Gasteiger partial charge in [0.05, 0.1) is 12.0 Å². The average molecular weight is 662 g/mol. The summed E-state index contributed by atoms with van der Waals surface area (Å²) in [5.41, 5.74) is 9.79. The van der Waals surface area contributed by atoms with Gasteiger partial charge < -0.3 is 30.9 Å². The first-order valence-corrected chi connectivity index (χ1v) is 15.0. The zero-order chi connectivity index (χ0) is 32.3. The maximum absolute atomic E-state index is 13.6. The molecule has 0 aliphatic rings. The summed E-state index contributed by atoms with van der Waals surface area (Å²) in [7, 11) is 0. The van der Waals surface area contributed by atoms with E-state index in [0.29, 0.717) is 31.7 Å². The van der Waals surface area contributed by atoms with Crippen molar-refractivity contribution in [2.75, 3.05) is 18.2 Å². The minimum atomic E-state index is -1.21. The number of hydrogen-bond acceptors (Lipinski definition) is 10. The van der Waals surface area contributed by atoms with Crippen LogP contribution < -0.4 is 26.3 Å². The van der Waals surface area contributed by atoms with Crippen molar-refractivity contribution in [3.8, 4) is 17.3 Å². The van der Waals surface area contributed by atoms with Gasteiger partial charge in [-0.25, -0.2) is 4.79 Å². The standard InChI is InChI=1S/C33H35N7O6.2H2O/c34-19-6-4-13-27(33(43)44)40(26-14-8-12-25-28(41)21-29(46-30(25)26)31-35-38-39-36-31)37-32(42)23-15-17-24(18-16-23)45-20-7-5-11-22-9-2-1-3-10-22;;/h1-3,8-10,12,14-18,21,27H,4-7,11,13,19-20,34H2,(H,37,42)(H,43,44)(H,35,36,38,39);2*1H2/t27-;;/m0../s1. The number of aliphatic carboxylic acids is 1. The number of amides is 1. The number of aromatic nitrogens is 4. The second kappa shape index (κ2) is 17.9. The summed E-state index contributed by atoms with van der Waals surface area (Å²) in [6.07, 6.45) is 4.08. The number of H-pyrrole nitrogens is 1. The van der Waals surface area contributed by atoms with E-state index in [4.69, 9.17) is 14.9 Å². The number of carboxylic acids is 1. The third kappa shape index (κ3) is 9.22. The maximum atomic E-state index is 13.6. The summed E-state index contributed by atoms with van der Waals surface area (Å²) in [6.45, 7) is 0.921. The Morgan fingerprint density at radius 1 is 0.979 bits per heavy atom. The van der Waals surface area contributed by atoms with Gasteiger partial charge in [-0.05, 0) is 92.2 Å². The van der Waals surface area contributed by atoms with Crippen molar-refractivity contribution in [2.45, 2.75) is 44.6 Å². The second-order valence-corrected chi connectivity index (χ2v) is 10.6. The van der Waals surface area contributed by atoms with Gasteiger partial charge in [-0.3, -0.25) is 20.0 Å². The van der Waals surface area contributed by atoms with Crippen LogP contribution in [0.5, 0.6) is 5.75 Å². The molecule has 0 aliphatic heterocycles. The number of para-hydroxylation sites is 1. The van der Waals surface area contributed by atoms with E-state index in [2.05, 4.69) is 38.2 Å². The monoisotopic (exact) mass is 661 g/mol. The number of nitrogens with one attached hydrogen (secondary N) is 2. The van der Waals surface area contributed by atoms with E-state index in [1.807, 2.05) is 18.2 Å². The number of tetrazole rings is 1. The van der Waals surface area contributed by atoms with Crippen molar-refractivity contribution in [1.82, 2.24) is 26.0 Å². The van der Waals surface area contributed by atoms with Gasteiger partial charge in [-0.2, -0.15) is 5.21 Å². The molecule has 254 valence electrons. The minimum absolute atomic E-state index is 0. The third-order valence-corrected chi connectivity index (χ3v) is 7.40. The van der Waals surface area contributed by atoms with Crippen LogP contribution in [0.3, 0.4) is 0 Å². The molecule has 0 aliphatic carbocycles. The quantitative estimate of drug-likeness (QED) is 0.0882. The van der Waals surface area contributed by atoms with E-state index in [1.165, 1.54) is 16.6 Å². The maximum Gasteiger partial charge on any atom is 0.328 e. The predicted molar refractivity (Wildman–Crippen MR) is 178 cm³/mol. The number of ether oxygens (including phenoxy) is 1. The van der Waals surface area contributed by atoms with Gasteiger partial charge in [-0.15, -0.1) is 10.2 Å². The fraction of sp³-hybridized carbons (Fsp3) is 0.273. The number of benzene rings is 3. The second-order valence-electron chi connectivity index (χ2n) is 10.6. The lowest BCUT2D eigenvalue weighted by Gasteiger charge is -2.31. The zero-order valence-electron chi connectivity index (χ0n) is 26.1. The van der Waals surface area contributed by atoms with Crippen LogP contribution in [0.1, 0.15) is 48.0 Å². The van der Waals surface area contributed by atoms with Crippen molar-refractivity contribution in [2.24, 2.45) is 5.73 Å². The van der Waals surface area contributed by atoms with Crippen LogP contribution in [0.25, 0.3) is 22.6 Å². The summed E-state index contributed by atoms with van der Waals surface area (Å²) >= 11 is 0. The average Bonchev–Trinajstić information content (AvgIpc) is 3.62. The van der Waals surface area contributed by atoms with Crippen LogP contribution in [-0.2, 0) is 11.2 Å². The zero-order valence-corrected chi connectivity index (χ0v) is 26.1. The smallest absolute Gasteiger partial charge is 0.328 e. The lowest BCUT2D eigenvalue weighted by molar-refractivity contribution is -0.138. The number of carbonyl (C=O) groups excluding carboxylic acids is 1. The number of nitrogens with two attached hydrogens (primary N) is 1. The molecule has 0 bridgehead atoms. The molecule has 5 rings (SSSR count). The highest BCUT2D eigenvalue weighted by atomic mass is 16.5. The molecular formula is C33H39N7O8. The van der Waals surface area contributed by atoms with Crippen LogP contribution in [0.2, 0.25) is 0 Å². The number of unbranched alkanes of at least 4 members (excludes halogenated alkanes) is 2. The Labute approximate surface area is 275 Å². The molecule has 0 fully saturated rings. The number of carbonyl (C=O) groups is 2. The van der Waals surface area contributed by atoms with Crippen LogP contribution in [-0.4, -0.2) is 67.8 Å². The predicted octanol–water partition coefficient (Wildman–Crippen LogP) is 2.46. The summed E-state index contributed by atoms with van der Waals surface area (Å²) in [5, 5.41) is 25.3. The van der Waals surface area contributed by atoms with Gasteiger partial charge in [0.2, 0.25) is 5.82 Å². The van der Waals surface area contributed by atoms with Gasteiger partial charge in [0.1, 0.15) is 17.5 Å². The molecule has 0 unspecified atom stereocenters. The number of hydrazine groups is 1. The summed E-state index contributed by atoms with van der Waals surface area (Å²) in [5.74, 6) is -1.06. The van der Waals surface area contributed by atoms with E-state index < -0.39 is 23.3 Å². The number of nitrogens with zero attached hydrogens (tertiary/aromatic N) is 4. The molecule has 1 amide bonds. The summed E-state index contributed by atoms with van der Waals surface area (Å²) in [4.78, 5) is 39.2. The molecule has 9 N–H and O–H groups in total. The van der Waals surface area contributed by atoms with E-state index >= 15 is 0 Å². The lowest BCUT2D eigenvalue weighted by Crippen LogP contribution is -2.52. The molecule has 48 heavy (non-hydrogen) atoms. The van der Waals surface area contributed by atoms with Crippen LogP contribution in [0, 0.1) is 0 Å². The third-order valence-electron chi connectivity index (χ3n) is 7.40. The topological polar surface area (TPSA) is 253 Å². The first kappa shape index (κ1) is 36.8. The molecule has 5 aromatic rings. The number of anilines is 1. The largest absolute Gasteiger partial charge is 0.494 e. The van der Waals surface area contributed by atoms with Crippen LogP contribution in [0.4, 0.5) is 5.69 Å². The van der Waals surface area contributed by atoms with Crippen LogP contribution in [0.15, 0.2) is 88.1 Å². The van der Waals surface area contributed by atoms with Gasteiger partial charge >= 0.3 is 5.97 Å². The Balaban J connectivity index is 0.00000312. The van der Waals surface area contributed by atoms with Gasteiger partial charge in [0.15, 0.2) is 16.8 Å². The van der Waals surface area contributed by atoms with Gasteiger partial charge in [-0.1, -0.05) is 36.4 Å². The highest BCUT2D eigenvalue weighted by Gasteiger charge is 2.30. The lowest BCUT2D eigenvalue weighted by atomic mass is 10.1. The Kier molecular flexibility index (Phi) is 13.7. The number of hydrogen-bond donors (Lipinski definition) is 4. The van der Waals surface area contributed by atoms with Crippen molar-refractivity contribution in [1.29, 1.82) is 0 Å². The van der Waals surface area contributed by atoms with E-state index in [-0.39, 0.29) is 51.2 Å². The van der Waals surface area contributed by atoms with E-state index in [0.717, 1.165) is 19.3 Å². The molecule has 15 nitrogen and oxygen atoms in total. The molecular weight excluding hydrogens is 622 g/mol. The SMILES string of the molecule is NCCCC[C@@H](C(=O)O)N(NC(=O)c1ccc(OCCCCc2ccccc2)cc1)c1cccc2c(=O)cc(-c3nn[nH]n3)oc12.O.O. The van der Waals surface area contributed by atoms with Gasteiger partial charge in [0.25, 0.3) is 5.91 Å². The normalized spacial score (nSPS) is 11.2. The molecule has 15 heteroatoms. The van der Waals surface area contributed by atoms with Crippen molar-refractivity contribution in [3.63, 3.8) is 0 Å². The molecule has 3 aromatic carbocycles. The van der Waals surface area contributed by atoms with Crippen molar-refractivity contribution < 1.29 is 34.8 Å². The molecule has 0 saturated heterocycles. The molecule has 0 spiro atoms. The number of aromatic amines is 1. The number of aryl methyl sites for hydroxylation is 1. The Morgan fingerprint density at radius 3 is 2.44 bits per heavy atom. The highest BCUT2D eigenvalue weighted by molar-refractivity contribution is 5.98. The Hall–Kier alpha value is -5.64. The van der Waals surface area contributed by atoms with E-state index in [9.17, 15) is 19.5 Å². The Morgan fingerprint density at radius 2 is 1.75 bits per heavy atom. The number of carboxylic acid groups (broad SMARTS) is 1.